The van der Waals surface area contributed by atoms with Crippen molar-refractivity contribution in [1.82, 2.24) is 24.9 Å². The highest BCUT2D eigenvalue weighted by Crippen LogP contribution is 2.25. The number of aromatic nitrogens is 5. The Labute approximate surface area is 142 Å². The molecule has 1 aliphatic rings. The van der Waals surface area contributed by atoms with Crippen molar-refractivity contribution in [2.45, 2.75) is 58.9 Å². The van der Waals surface area contributed by atoms with E-state index in [4.69, 9.17) is 10.7 Å². The van der Waals surface area contributed by atoms with E-state index in [9.17, 15) is 0 Å². The highest BCUT2D eigenvalue weighted by molar-refractivity contribution is 5.39. The molecule has 0 radical (unpaired) electrons. The van der Waals surface area contributed by atoms with Crippen molar-refractivity contribution in [2.75, 3.05) is 17.2 Å². The van der Waals surface area contributed by atoms with Crippen LogP contribution in [0.5, 0.6) is 0 Å². The number of nitrogens with zero attached hydrogens (tertiary/aromatic N) is 6. The summed E-state index contributed by atoms with van der Waals surface area (Å²) in [6, 6.07) is 0. The molecular formula is C17H25N7. The normalized spacial score (nSPS) is 14.8. The lowest BCUT2D eigenvalue weighted by molar-refractivity contribution is 0.539. The quantitative estimate of drug-likeness (QED) is 0.903. The number of anilines is 2. The van der Waals surface area contributed by atoms with Gasteiger partial charge in [0.25, 0.3) is 0 Å². The first-order chi connectivity index (χ1) is 11.2. The zero-order chi connectivity index (χ0) is 17.5. The summed E-state index contributed by atoms with van der Waals surface area (Å²) in [7, 11) is 0. The van der Waals surface area contributed by atoms with E-state index < -0.39 is 0 Å². The Hall–Kier alpha value is -2.31. The monoisotopic (exact) mass is 327 g/mol. The molecule has 2 aromatic rings. The zero-order valence-corrected chi connectivity index (χ0v) is 15.0. The predicted octanol–water partition coefficient (Wildman–Crippen LogP) is 2.23. The van der Waals surface area contributed by atoms with Crippen molar-refractivity contribution in [3.05, 3.63) is 29.1 Å². The van der Waals surface area contributed by atoms with Crippen LogP contribution in [0.4, 0.5) is 11.9 Å². The van der Waals surface area contributed by atoms with Crippen LogP contribution < -0.4 is 10.6 Å². The van der Waals surface area contributed by atoms with E-state index in [2.05, 4.69) is 59.5 Å². The first kappa shape index (κ1) is 16.5. The van der Waals surface area contributed by atoms with Crippen molar-refractivity contribution in [2.24, 2.45) is 0 Å². The zero-order valence-electron chi connectivity index (χ0n) is 15.0. The molecule has 7 nitrogen and oxygen atoms in total. The molecule has 0 saturated carbocycles. The summed E-state index contributed by atoms with van der Waals surface area (Å²) in [5.41, 5.74) is 7.99. The summed E-state index contributed by atoms with van der Waals surface area (Å²) in [5.74, 6) is 2.79. The van der Waals surface area contributed by atoms with Crippen LogP contribution in [0, 0.1) is 0 Å². The van der Waals surface area contributed by atoms with Gasteiger partial charge in [-0.2, -0.15) is 15.0 Å². The largest absolute Gasteiger partial charge is 0.368 e. The topological polar surface area (TPSA) is 93.7 Å². The van der Waals surface area contributed by atoms with E-state index in [-0.39, 0.29) is 11.4 Å². The molecule has 0 spiro atoms. The molecule has 0 bridgehead atoms. The van der Waals surface area contributed by atoms with Gasteiger partial charge in [-0.15, -0.1) is 0 Å². The van der Waals surface area contributed by atoms with Gasteiger partial charge in [-0.3, -0.25) is 0 Å². The minimum atomic E-state index is -0.174. The van der Waals surface area contributed by atoms with E-state index >= 15 is 0 Å². The van der Waals surface area contributed by atoms with Gasteiger partial charge in [0.05, 0.1) is 12.2 Å². The fraction of sp³-hybridized carbons (Fsp3) is 0.588. The van der Waals surface area contributed by atoms with Gasteiger partial charge in [0.1, 0.15) is 11.6 Å². The third-order valence-electron chi connectivity index (χ3n) is 4.08. The summed E-state index contributed by atoms with van der Waals surface area (Å²) in [6.45, 7) is 11.9. The van der Waals surface area contributed by atoms with Crippen LogP contribution in [0.3, 0.4) is 0 Å². The number of fused-ring (bicyclic) bond motifs is 1. The second kappa shape index (κ2) is 5.96. The standard InChI is InChI=1S/C17H25N7/c1-10(2)13-19-8-11-6-7-24(9-12(11)20-13)16-22-14(17(3,4)5)21-15(18)23-16/h8,10H,6-7,9H2,1-5H3,(H2,18,21,22,23). The minimum absolute atomic E-state index is 0.174. The molecule has 0 atom stereocenters. The number of hydrogen-bond donors (Lipinski definition) is 1. The van der Waals surface area contributed by atoms with Crippen LogP contribution in [0.2, 0.25) is 0 Å². The lowest BCUT2D eigenvalue weighted by atomic mass is 9.96. The Morgan fingerprint density at radius 1 is 1.12 bits per heavy atom. The lowest BCUT2D eigenvalue weighted by Gasteiger charge is -2.29. The minimum Gasteiger partial charge on any atom is -0.368 e. The van der Waals surface area contributed by atoms with Crippen molar-refractivity contribution in [1.29, 1.82) is 0 Å². The van der Waals surface area contributed by atoms with Crippen LogP contribution in [-0.2, 0) is 18.4 Å². The molecule has 7 heteroatoms. The van der Waals surface area contributed by atoms with Crippen molar-refractivity contribution < 1.29 is 0 Å². The molecule has 24 heavy (non-hydrogen) atoms. The van der Waals surface area contributed by atoms with Gasteiger partial charge in [-0.1, -0.05) is 34.6 Å². The molecule has 2 aromatic heterocycles. The fourth-order valence-corrected chi connectivity index (χ4v) is 2.62. The average molecular weight is 327 g/mol. The molecule has 0 saturated heterocycles. The highest BCUT2D eigenvalue weighted by atomic mass is 15.3. The molecule has 0 unspecified atom stereocenters. The molecule has 3 heterocycles. The first-order valence-corrected chi connectivity index (χ1v) is 8.35. The lowest BCUT2D eigenvalue weighted by Crippen LogP contribution is -2.34. The smallest absolute Gasteiger partial charge is 0.230 e. The Bertz CT molecular complexity index is 749. The summed E-state index contributed by atoms with van der Waals surface area (Å²) < 4.78 is 0. The summed E-state index contributed by atoms with van der Waals surface area (Å²) in [5, 5.41) is 0. The van der Waals surface area contributed by atoms with Crippen LogP contribution in [0.25, 0.3) is 0 Å². The molecule has 128 valence electrons. The van der Waals surface area contributed by atoms with E-state index in [1.54, 1.807) is 0 Å². The third kappa shape index (κ3) is 3.29. The highest BCUT2D eigenvalue weighted by Gasteiger charge is 2.24. The van der Waals surface area contributed by atoms with E-state index in [1.165, 1.54) is 5.56 Å². The van der Waals surface area contributed by atoms with Crippen LogP contribution in [0.15, 0.2) is 6.20 Å². The molecule has 0 amide bonds. The van der Waals surface area contributed by atoms with E-state index in [1.807, 2.05) is 6.20 Å². The summed E-state index contributed by atoms with van der Waals surface area (Å²) in [6.07, 6.45) is 2.83. The average Bonchev–Trinajstić information content (AvgIpc) is 2.52. The number of nitrogens with two attached hydrogens (primary N) is 1. The van der Waals surface area contributed by atoms with Gasteiger partial charge in [0, 0.05) is 24.1 Å². The Kier molecular flexibility index (Phi) is 4.11. The van der Waals surface area contributed by atoms with Gasteiger partial charge in [0.15, 0.2) is 0 Å². The number of hydrogen-bond acceptors (Lipinski definition) is 7. The molecule has 0 aliphatic carbocycles. The van der Waals surface area contributed by atoms with Crippen LogP contribution >= 0.6 is 0 Å². The maximum Gasteiger partial charge on any atom is 0.230 e. The number of nitrogen functional groups attached to an aromatic ring is 1. The van der Waals surface area contributed by atoms with Gasteiger partial charge >= 0.3 is 0 Å². The fourth-order valence-electron chi connectivity index (χ4n) is 2.62. The van der Waals surface area contributed by atoms with Gasteiger partial charge in [-0.05, 0) is 12.0 Å². The van der Waals surface area contributed by atoms with Gasteiger partial charge in [0.2, 0.25) is 11.9 Å². The molecule has 2 N–H and O–H groups in total. The summed E-state index contributed by atoms with van der Waals surface area (Å²) in [4.78, 5) is 24.6. The van der Waals surface area contributed by atoms with Gasteiger partial charge < -0.3 is 10.6 Å². The third-order valence-corrected chi connectivity index (χ3v) is 4.08. The van der Waals surface area contributed by atoms with Crippen LogP contribution in [0.1, 0.15) is 63.4 Å². The Morgan fingerprint density at radius 2 is 1.88 bits per heavy atom. The molecular weight excluding hydrogens is 302 g/mol. The molecule has 0 aromatic carbocycles. The molecule has 0 fully saturated rings. The van der Waals surface area contributed by atoms with Crippen molar-refractivity contribution >= 4 is 11.9 Å². The second-order valence-electron chi connectivity index (χ2n) is 7.59. The maximum atomic E-state index is 5.91. The van der Waals surface area contributed by atoms with Crippen molar-refractivity contribution in [3.63, 3.8) is 0 Å². The second-order valence-corrected chi connectivity index (χ2v) is 7.59. The maximum absolute atomic E-state index is 5.91. The SMILES string of the molecule is CC(C)c1ncc2c(n1)CN(c1nc(N)nc(C(C)(C)C)n1)CC2. The van der Waals surface area contributed by atoms with Crippen LogP contribution in [-0.4, -0.2) is 31.5 Å². The van der Waals surface area contributed by atoms with Gasteiger partial charge in [-0.25, -0.2) is 9.97 Å². The number of rotatable bonds is 2. The predicted molar refractivity (Wildman–Crippen MR) is 93.8 cm³/mol. The van der Waals surface area contributed by atoms with E-state index in [0.717, 1.165) is 24.5 Å². The summed E-state index contributed by atoms with van der Waals surface area (Å²) >= 11 is 0. The molecule has 1 aliphatic heterocycles. The Balaban J connectivity index is 1.93. The van der Waals surface area contributed by atoms with Crippen molar-refractivity contribution in [3.8, 4) is 0 Å². The van der Waals surface area contributed by atoms with E-state index in [0.29, 0.717) is 24.2 Å². The molecule has 3 rings (SSSR count). The Morgan fingerprint density at radius 3 is 2.54 bits per heavy atom. The first-order valence-electron chi connectivity index (χ1n) is 8.35.